The molecule has 1 atom stereocenters. The van der Waals surface area contributed by atoms with Crippen molar-refractivity contribution in [1.82, 2.24) is 0 Å². The Balaban J connectivity index is 1.74. The van der Waals surface area contributed by atoms with Gasteiger partial charge >= 0.3 is 7.12 Å². The van der Waals surface area contributed by atoms with E-state index >= 15 is 0 Å². The smallest absolute Gasteiger partial charge is 0.403 e. The number of Topliss-reactive ketones (excluding diaryl/α,β-unsaturated/α-hetero) is 1. The third-order valence-electron chi connectivity index (χ3n) is 4.98. The number of hydrogen-bond donors (Lipinski definition) is 0. The Labute approximate surface area is 117 Å². The molecule has 0 aromatic rings. The highest BCUT2D eigenvalue weighted by Gasteiger charge is 2.50. The summed E-state index contributed by atoms with van der Waals surface area (Å²) in [5.41, 5.74) is -0.476. The molecular formula is C15H27BO3. The van der Waals surface area contributed by atoms with Crippen LogP contribution in [-0.2, 0) is 14.1 Å². The monoisotopic (exact) mass is 266 g/mol. The molecular weight excluding hydrogens is 239 g/mol. The molecule has 0 N–H and O–H groups in total. The van der Waals surface area contributed by atoms with Gasteiger partial charge in [-0.05, 0) is 53.3 Å². The first kappa shape index (κ1) is 15.1. The Hall–Kier alpha value is -0.345. The summed E-state index contributed by atoms with van der Waals surface area (Å²) in [4.78, 5) is 11.8. The van der Waals surface area contributed by atoms with Gasteiger partial charge in [0, 0.05) is 12.3 Å². The quantitative estimate of drug-likeness (QED) is 0.729. The van der Waals surface area contributed by atoms with E-state index in [9.17, 15) is 4.79 Å². The van der Waals surface area contributed by atoms with Crippen molar-refractivity contribution < 1.29 is 14.1 Å². The zero-order valence-corrected chi connectivity index (χ0v) is 12.8. The fraction of sp³-hybridized carbons (Fsp3) is 0.933. The van der Waals surface area contributed by atoms with Gasteiger partial charge in [-0.3, -0.25) is 4.79 Å². The summed E-state index contributed by atoms with van der Waals surface area (Å²) >= 11 is 0. The largest absolute Gasteiger partial charge is 0.457 e. The predicted molar refractivity (Wildman–Crippen MR) is 77.1 cm³/mol. The van der Waals surface area contributed by atoms with Gasteiger partial charge in [-0.25, -0.2) is 0 Å². The molecule has 2 aliphatic rings. The van der Waals surface area contributed by atoms with Crippen LogP contribution in [0.25, 0.3) is 0 Å². The Morgan fingerprint density at radius 1 is 1.16 bits per heavy atom. The van der Waals surface area contributed by atoms with E-state index in [1.54, 1.807) is 0 Å². The molecule has 4 heteroatoms. The van der Waals surface area contributed by atoms with Gasteiger partial charge < -0.3 is 9.31 Å². The van der Waals surface area contributed by atoms with E-state index in [1.807, 2.05) is 0 Å². The van der Waals surface area contributed by atoms with E-state index in [2.05, 4.69) is 27.7 Å². The van der Waals surface area contributed by atoms with E-state index in [1.165, 1.54) is 6.42 Å². The van der Waals surface area contributed by atoms with E-state index < -0.39 is 0 Å². The Morgan fingerprint density at radius 2 is 1.79 bits per heavy atom. The maximum absolute atomic E-state index is 11.8. The molecule has 2 fully saturated rings. The second-order valence-corrected chi connectivity index (χ2v) is 7.03. The molecule has 0 spiro atoms. The molecule has 1 aliphatic carbocycles. The van der Waals surface area contributed by atoms with Crippen LogP contribution in [0.2, 0.25) is 6.32 Å². The second-order valence-electron chi connectivity index (χ2n) is 7.03. The topological polar surface area (TPSA) is 35.5 Å². The van der Waals surface area contributed by atoms with Crippen molar-refractivity contribution in [2.24, 2.45) is 5.92 Å². The number of ketones is 1. The van der Waals surface area contributed by atoms with Crippen molar-refractivity contribution in [3.8, 4) is 0 Å². The minimum absolute atomic E-state index is 0.108. The summed E-state index contributed by atoms with van der Waals surface area (Å²) in [6.45, 7) is 8.32. The summed E-state index contributed by atoms with van der Waals surface area (Å²) in [6, 6.07) is 0. The average molecular weight is 266 g/mol. The first-order valence-electron chi connectivity index (χ1n) is 7.70. The summed E-state index contributed by atoms with van der Waals surface area (Å²) in [5, 5.41) is 0. The molecule has 19 heavy (non-hydrogen) atoms. The summed E-state index contributed by atoms with van der Waals surface area (Å²) in [7, 11) is -0.108. The van der Waals surface area contributed by atoms with E-state index in [0.29, 0.717) is 11.7 Å². The van der Waals surface area contributed by atoms with Crippen LogP contribution in [-0.4, -0.2) is 24.1 Å². The third kappa shape index (κ3) is 3.40. The van der Waals surface area contributed by atoms with Crippen molar-refractivity contribution in [2.75, 3.05) is 0 Å². The van der Waals surface area contributed by atoms with Crippen LogP contribution in [0.4, 0.5) is 0 Å². The maximum Gasteiger partial charge on any atom is 0.457 e. The van der Waals surface area contributed by atoms with Crippen LogP contribution >= 0.6 is 0 Å². The van der Waals surface area contributed by atoms with Crippen LogP contribution in [0.15, 0.2) is 0 Å². The highest BCUT2D eigenvalue weighted by Crippen LogP contribution is 2.38. The molecule has 0 bridgehead atoms. The van der Waals surface area contributed by atoms with E-state index in [0.717, 1.165) is 38.4 Å². The molecule has 0 radical (unpaired) electrons. The molecule has 3 nitrogen and oxygen atoms in total. The minimum atomic E-state index is -0.238. The van der Waals surface area contributed by atoms with Gasteiger partial charge in [0.2, 0.25) is 0 Å². The molecule has 0 aromatic heterocycles. The standard InChI is InChI=1S/C15H27BO3/c1-14(2)15(3,4)19-16(18-14)11-7-9-12-8-5-6-10-13(12)17/h12H,5-11H2,1-4H3. The summed E-state index contributed by atoms with van der Waals surface area (Å²) in [6.07, 6.45) is 7.11. The fourth-order valence-corrected chi connectivity index (χ4v) is 2.97. The maximum atomic E-state index is 11.8. The fourth-order valence-electron chi connectivity index (χ4n) is 2.97. The van der Waals surface area contributed by atoms with Crippen LogP contribution in [0, 0.1) is 5.92 Å². The first-order chi connectivity index (χ1) is 8.82. The first-order valence-corrected chi connectivity index (χ1v) is 7.70. The van der Waals surface area contributed by atoms with Crippen LogP contribution < -0.4 is 0 Å². The van der Waals surface area contributed by atoms with Crippen LogP contribution in [0.3, 0.4) is 0 Å². The van der Waals surface area contributed by atoms with Crippen molar-refractivity contribution in [3.63, 3.8) is 0 Å². The zero-order valence-electron chi connectivity index (χ0n) is 12.8. The van der Waals surface area contributed by atoms with Crippen LogP contribution in [0.5, 0.6) is 0 Å². The summed E-state index contributed by atoms with van der Waals surface area (Å²) in [5.74, 6) is 0.774. The van der Waals surface area contributed by atoms with Gasteiger partial charge in [0.25, 0.3) is 0 Å². The zero-order chi connectivity index (χ0) is 14.1. The van der Waals surface area contributed by atoms with Gasteiger partial charge in [-0.1, -0.05) is 12.8 Å². The highest BCUT2D eigenvalue weighted by molar-refractivity contribution is 6.45. The van der Waals surface area contributed by atoms with Gasteiger partial charge in [0.1, 0.15) is 5.78 Å². The van der Waals surface area contributed by atoms with Gasteiger partial charge in [0.05, 0.1) is 11.2 Å². The van der Waals surface area contributed by atoms with E-state index in [4.69, 9.17) is 9.31 Å². The molecule has 2 rings (SSSR count). The number of rotatable bonds is 4. The lowest BCUT2D eigenvalue weighted by Gasteiger charge is -2.32. The van der Waals surface area contributed by atoms with Crippen molar-refractivity contribution in [1.29, 1.82) is 0 Å². The lowest BCUT2D eigenvalue weighted by atomic mass is 9.78. The minimum Gasteiger partial charge on any atom is -0.403 e. The molecule has 0 aromatic carbocycles. The lowest BCUT2D eigenvalue weighted by molar-refractivity contribution is -0.124. The molecule has 1 aliphatic heterocycles. The highest BCUT2D eigenvalue weighted by atomic mass is 16.7. The molecule has 1 saturated carbocycles. The third-order valence-corrected chi connectivity index (χ3v) is 4.98. The Bertz CT molecular complexity index is 322. The van der Waals surface area contributed by atoms with E-state index in [-0.39, 0.29) is 18.3 Å². The SMILES string of the molecule is CC1(C)OB(CCCC2CCCCC2=O)OC1(C)C. The molecule has 1 heterocycles. The van der Waals surface area contributed by atoms with Crippen molar-refractivity contribution >= 4 is 12.9 Å². The lowest BCUT2D eigenvalue weighted by Crippen LogP contribution is -2.41. The number of hydrogen-bond acceptors (Lipinski definition) is 3. The van der Waals surface area contributed by atoms with Crippen molar-refractivity contribution in [3.05, 3.63) is 0 Å². The van der Waals surface area contributed by atoms with Crippen molar-refractivity contribution in [2.45, 2.75) is 83.7 Å². The number of carbonyl (C=O) groups excluding carboxylic acids is 1. The number of carbonyl (C=O) groups is 1. The molecule has 1 saturated heterocycles. The molecule has 0 amide bonds. The van der Waals surface area contributed by atoms with Crippen LogP contribution in [0.1, 0.15) is 66.2 Å². The molecule has 108 valence electrons. The predicted octanol–water partition coefficient (Wildman–Crippen LogP) is 3.62. The second kappa shape index (κ2) is 5.57. The Kier molecular flexibility index (Phi) is 4.41. The van der Waals surface area contributed by atoms with Gasteiger partial charge in [0.15, 0.2) is 0 Å². The normalized spacial score (nSPS) is 29.8. The van der Waals surface area contributed by atoms with Gasteiger partial charge in [-0.2, -0.15) is 0 Å². The van der Waals surface area contributed by atoms with Gasteiger partial charge in [-0.15, -0.1) is 0 Å². The average Bonchev–Trinajstić information content (AvgIpc) is 2.50. The summed E-state index contributed by atoms with van der Waals surface area (Å²) < 4.78 is 11.9. The Morgan fingerprint density at radius 3 is 2.37 bits per heavy atom. The molecule has 1 unspecified atom stereocenters.